The van der Waals surface area contributed by atoms with Crippen LogP contribution in [-0.2, 0) is 13.0 Å². The lowest BCUT2D eigenvalue weighted by molar-refractivity contribution is -0.387. The van der Waals surface area contributed by atoms with Crippen LogP contribution < -0.4 is 23.9 Å². The monoisotopic (exact) mass is 370 g/mol. The van der Waals surface area contributed by atoms with Gasteiger partial charge in [-0.1, -0.05) is 0 Å². The summed E-state index contributed by atoms with van der Waals surface area (Å²) in [7, 11) is 6.42. The molecule has 1 aromatic heterocycles. The van der Waals surface area contributed by atoms with Crippen molar-refractivity contribution < 1.29 is 29.0 Å². The molecule has 0 radical (unpaired) electrons. The third kappa shape index (κ3) is 3.61. The number of methoxy groups -OCH3 is 4. The number of fused-ring (bicyclic) bond motifs is 1. The topological polar surface area (TPSA) is 71.3 Å². The van der Waals surface area contributed by atoms with E-state index in [1.54, 1.807) is 28.4 Å². The lowest BCUT2D eigenvalue weighted by Gasteiger charge is -2.13. The van der Waals surface area contributed by atoms with E-state index in [0.717, 1.165) is 27.6 Å². The standard InChI is InChI=1S/C21H23NO5/c1-24-18-8-13-5-6-22-17(16(13)11-21(18)27-4)7-14-9-19(25-2)20(26-3)10-15(14)12-23/h5-6,8-11,23H,7,12H2,1-4H3/p+1. The first-order valence-electron chi connectivity index (χ1n) is 8.55. The lowest BCUT2D eigenvalue weighted by atomic mass is 9.98. The summed E-state index contributed by atoms with van der Waals surface area (Å²) < 4.78 is 21.6. The fourth-order valence-electron chi connectivity index (χ4n) is 3.22. The highest BCUT2D eigenvalue weighted by Crippen LogP contribution is 2.35. The van der Waals surface area contributed by atoms with Gasteiger partial charge in [0.15, 0.2) is 34.9 Å². The van der Waals surface area contributed by atoms with Crippen LogP contribution in [-0.4, -0.2) is 33.5 Å². The van der Waals surface area contributed by atoms with E-state index in [0.29, 0.717) is 29.4 Å². The number of hydrogen-bond acceptors (Lipinski definition) is 5. The summed E-state index contributed by atoms with van der Waals surface area (Å²) in [6.07, 6.45) is 2.48. The number of rotatable bonds is 7. The molecule has 1 heterocycles. The van der Waals surface area contributed by atoms with E-state index in [-0.39, 0.29) is 6.61 Å². The predicted molar refractivity (Wildman–Crippen MR) is 102 cm³/mol. The first-order valence-corrected chi connectivity index (χ1v) is 8.55. The van der Waals surface area contributed by atoms with E-state index in [1.807, 2.05) is 36.5 Å². The second-order valence-corrected chi connectivity index (χ2v) is 6.06. The number of pyridine rings is 1. The number of H-pyrrole nitrogens is 1. The fraction of sp³-hybridized carbons (Fsp3) is 0.286. The minimum atomic E-state index is -0.0857. The van der Waals surface area contributed by atoms with Gasteiger partial charge in [-0.3, -0.25) is 0 Å². The van der Waals surface area contributed by atoms with Crippen molar-refractivity contribution in [2.24, 2.45) is 0 Å². The van der Waals surface area contributed by atoms with Crippen molar-refractivity contribution in [1.29, 1.82) is 0 Å². The lowest BCUT2D eigenvalue weighted by Crippen LogP contribution is -2.12. The molecule has 3 aromatic rings. The first kappa shape index (κ1) is 18.8. The van der Waals surface area contributed by atoms with Crippen LogP contribution in [0.15, 0.2) is 36.5 Å². The van der Waals surface area contributed by atoms with Crippen molar-refractivity contribution in [2.45, 2.75) is 13.0 Å². The molecule has 0 unspecified atom stereocenters. The third-order valence-electron chi connectivity index (χ3n) is 4.64. The van der Waals surface area contributed by atoms with Crippen LogP contribution in [0.25, 0.3) is 10.8 Å². The molecule has 3 rings (SSSR count). The van der Waals surface area contributed by atoms with Crippen LogP contribution >= 0.6 is 0 Å². The number of hydrogen-bond donors (Lipinski definition) is 1. The Hall–Kier alpha value is -2.99. The smallest absolute Gasteiger partial charge is 0.192 e. The number of aromatic nitrogens is 1. The summed E-state index contributed by atoms with van der Waals surface area (Å²) in [4.78, 5) is 3.32. The van der Waals surface area contributed by atoms with Crippen LogP contribution in [0.1, 0.15) is 16.8 Å². The molecule has 0 aliphatic rings. The van der Waals surface area contributed by atoms with Gasteiger partial charge in [-0.2, -0.15) is 0 Å². The summed E-state index contributed by atoms with van der Waals surface area (Å²) in [6, 6.07) is 9.61. The highest BCUT2D eigenvalue weighted by molar-refractivity contribution is 5.87. The van der Waals surface area contributed by atoms with Crippen molar-refractivity contribution in [3.63, 3.8) is 0 Å². The van der Waals surface area contributed by atoms with Gasteiger partial charge in [0, 0.05) is 6.07 Å². The number of nitrogens with one attached hydrogen (secondary N) is 1. The van der Waals surface area contributed by atoms with Gasteiger partial charge in [0.25, 0.3) is 0 Å². The number of aromatic amines is 1. The summed E-state index contributed by atoms with van der Waals surface area (Å²) in [5.41, 5.74) is 2.74. The molecule has 27 heavy (non-hydrogen) atoms. The maximum absolute atomic E-state index is 9.80. The highest BCUT2D eigenvalue weighted by atomic mass is 16.5. The minimum Gasteiger partial charge on any atom is -0.493 e. The number of ether oxygens (including phenoxy) is 4. The molecule has 6 heteroatoms. The molecule has 6 nitrogen and oxygen atoms in total. The molecule has 0 spiro atoms. The van der Waals surface area contributed by atoms with Crippen molar-refractivity contribution in [3.8, 4) is 23.0 Å². The van der Waals surface area contributed by atoms with Gasteiger partial charge in [0.05, 0.1) is 46.9 Å². The van der Waals surface area contributed by atoms with Gasteiger partial charge in [-0.25, -0.2) is 4.98 Å². The molecule has 0 amide bonds. The van der Waals surface area contributed by atoms with Gasteiger partial charge in [-0.15, -0.1) is 0 Å². The maximum Gasteiger partial charge on any atom is 0.192 e. The molecule has 0 atom stereocenters. The molecule has 2 aromatic carbocycles. The normalized spacial score (nSPS) is 10.7. The second kappa shape index (κ2) is 8.14. The Bertz CT molecular complexity index is 955. The molecule has 0 fully saturated rings. The van der Waals surface area contributed by atoms with Gasteiger partial charge in [-0.05, 0) is 40.8 Å². The van der Waals surface area contributed by atoms with Gasteiger partial charge >= 0.3 is 0 Å². The SMILES string of the molecule is COc1cc(CO)c(Cc2[nH+]ccc3cc(OC)c(OC)cc23)cc1OC. The zero-order valence-electron chi connectivity index (χ0n) is 16.0. The van der Waals surface area contributed by atoms with Crippen molar-refractivity contribution in [2.75, 3.05) is 28.4 Å². The quantitative estimate of drug-likeness (QED) is 0.692. The summed E-state index contributed by atoms with van der Waals surface area (Å²) >= 11 is 0. The molecular formula is C21H24NO5+. The molecule has 0 bridgehead atoms. The summed E-state index contributed by atoms with van der Waals surface area (Å²) in [5, 5.41) is 11.9. The first-order chi connectivity index (χ1) is 13.1. The van der Waals surface area contributed by atoms with Crippen LogP contribution in [0.4, 0.5) is 0 Å². The van der Waals surface area contributed by atoms with Crippen molar-refractivity contribution >= 4 is 10.8 Å². The maximum atomic E-state index is 9.80. The van der Waals surface area contributed by atoms with E-state index in [1.165, 1.54) is 0 Å². The predicted octanol–water partition coefficient (Wildman–Crippen LogP) is 2.77. The number of benzene rings is 2. The van der Waals surface area contributed by atoms with Gasteiger partial charge < -0.3 is 24.1 Å². The van der Waals surface area contributed by atoms with E-state index in [9.17, 15) is 5.11 Å². The molecule has 142 valence electrons. The second-order valence-electron chi connectivity index (χ2n) is 6.06. The average molecular weight is 370 g/mol. The van der Waals surface area contributed by atoms with E-state index in [4.69, 9.17) is 18.9 Å². The molecular weight excluding hydrogens is 346 g/mol. The molecule has 0 saturated carbocycles. The minimum absolute atomic E-state index is 0.0857. The molecule has 2 N–H and O–H groups in total. The van der Waals surface area contributed by atoms with Crippen molar-refractivity contribution in [1.82, 2.24) is 0 Å². The van der Waals surface area contributed by atoms with Gasteiger partial charge in [0.1, 0.15) is 0 Å². The molecule has 0 aliphatic carbocycles. The summed E-state index contributed by atoms with van der Waals surface area (Å²) in [5.74, 6) is 2.58. The molecule has 0 aliphatic heterocycles. The summed E-state index contributed by atoms with van der Waals surface area (Å²) in [6.45, 7) is -0.0857. The van der Waals surface area contributed by atoms with Crippen molar-refractivity contribution in [3.05, 3.63) is 53.3 Å². The van der Waals surface area contributed by atoms with E-state index in [2.05, 4.69) is 4.98 Å². The Kier molecular flexibility index (Phi) is 5.66. The average Bonchev–Trinajstić information content (AvgIpc) is 2.72. The van der Waals surface area contributed by atoms with Crippen LogP contribution in [0.3, 0.4) is 0 Å². The number of aliphatic hydroxyl groups excluding tert-OH is 1. The van der Waals surface area contributed by atoms with Gasteiger partial charge in [0.2, 0.25) is 0 Å². The Balaban J connectivity index is 2.11. The zero-order chi connectivity index (χ0) is 19.4. The largest absolute Gasteiger partial charge is 0.493 e. The Morgan fingerprint density at radius 2 is 1.33 bits per heavy atom. The Labute approximate surface area is 158 Å². The highest BCUT2D eigenvalue weighted by Gasteiger charge is 2.17. The Morgan fingerprint density at radius 3 is 1.93 bits per heavy atom. The molecule has 0 saturated heterocycles. The van der Waals surface area contributed by atoms with Crippen LogP contribution in [0.2, 0.25) is 0 Å². The van der Waals surface area contributed by atoms with Crippen LogP contribution in [0, 0.1) is 0 Å². The zero-order valence-corrected chi connectivity index (χ0v) is 16.0. The van der Waals surface area contributed by atoms with E-state index >= 15 is 0 Å². The number of aliphatic hydroxyl groups is 1. The van der Waals surface area contributed by atoms with Crippen LogP contribution in [0.5, 0.6) is 23.0 Å². The Morgan fingerprint density at radius 1 is 0.778 bits per heavy atom. The van der Waals surface area contributed by atoms with E-state index < -0.39 is 0 Å². The third-order valence-corrected chi connectivity index (χ3v) is 4.64. The fourth-order valence-corrected chi connectivity index (χ4v) is 3.22.